The summed E-state index contributed by atoms with van der Waals surface area (Å²) in [6, 6.07) is 0. The van der Waals surface area contributed by atoms with Crippen LogP contribution in [0.1, 0.15) is 20.8 Å². The summed E-state index contributed by atoms with van der Waals surface area (Å²) in [7, 11) is -12.7. The maximum atomic E-state index is 11.7. The highest BCUT2D eigenvalue weighted by molar-refractivity contribution is 8.24. The van der Waals surface area contributed by atoms with Crippen LogP contribution in [0.4, 0.5) is 0 Å². The Hall–Kier alpha value is -0.150. The van der Waals surface area contributed by atoms with Crippen LogP contribution in [0.3, 0.4) is 0 Å². The zero-order chi connectivity index (χ0) is 13.4. The Balaban J connectivity index is 6.09. The molecule has 0 aliphatic carbocycles. The molecule has 0 fully saturated rings. The van der Waals surface area contributed by atoms with Gasteiger partial charge in [-0.1, -0.05) is 6.92 Å². The van der Waals surface area contributed by atoms with E-state index in [0.717, 1.165) is 0 Å². The predicted octanol–water partition coefficient (Wildman–Crippen LogP) is -0.427. The van der Waals surface area contributed by atoms with Crippen molar-refractivity contribution in [2.24, 2.45) is 0 Å². The van der Waals surface area contributed by atoms with Crippen molar-refractivity contribution in [2.75, 3.05) is 12.0 Å². The molecule has 0 N–H and O–H groups in total. The fourth-order valence-corrected chi connectivity index (χ4v) is 9.65. The average molecular weight is 292 g/mol. The van der Waals surface area contributed by atoms with E-state index in [1.54, 1.807) is 0 Å². The Kier molecular flexibility index (Phi) is 4.57. The minimum atomic E-state index is -4.24. The predicted molar refractivity (Wildman–Crippen MR) is 62.1 cm³/mol. The molecular formula is C7H16O6S3. The average Bonchev–Trinajstić information content (AvgIpc) is 1.99. The van der Waals surface area contributed by atoms with E-state index in [1.807, 2.05) is 0 Å². The molecule has 0 aliphatic rings. The lowest BCUT2D eigenvalue weighted by atomic mass is 10.6. The van der Waals surface area contributed by atoms with Gasteiger partial charge in [-0.15, -0.1) is 0 Å². The molecule has 98 valence electrons. The van der Waals surface area contributed by atoms with E-state index in [4.69, 9.17) is 0 Å². The molecule has 0 heterocycles. The highest BCUT2D eigenvalue weighted by atomic mass is 32.3. The van der Waals surface area contributed by atoms with Crippen LogP contribution in [0.2, 0.25) is 0 Å². The van der Waals surface area contributed by atoms with Gasteiger partial charge in [-0.25, -0.2) is 25.3 Å². The molecule has 1 unspecified atom stereocenters. The molecule has 0 amide bonds. The lowest BCUT2D eigenvalue weighted by molar-refractivity contribution is 0.571. The van der Waals surface area contributed by atoms with Crippen molar-refractivity contribution in [2.45, 2.75) is 29.9 Å². The fraction of sp³-hybridized carbons (Fsp3) is 1.00. The van der Waals surface area contributed by atoms with E-state index < -0.39 is 44.4 Å². The molecule has 0 aliphatic heterocycles. The van der Waals surface area contributed by atoms with Crippen LogP contribution in [0.15, 0.2) is 0 Å². The zero-order valence-corrected chi connectivity index (χ0v) is 12.0. The van der Waals surface area contributed by atoms with Gasteiger partial charge in [-0.2, -0.15) is 0 Å². The molecule has 0 saturated carbocycles. The Morgan fingerprint density at radius 2 is 1.31 bits per heavy atom. The molecular weight excluding hydrogens is 276 g/mol. The number of hydrogen-bond acceptors (Lipinski definition) is 6. The Bertz CT molecular complexity index is 537. The molecule has 0 aromatic carbocycles. The zero-order valence-electron chi connectivity index (χ0n) is 9.54. The maximum absolute atomic E-state index is 11.7. The summed E-state index contributed by atoms with van der Waals surface area (Å²) in [6.45, 7) is 3.71. The second kappa shape index (κ2) is 4.61. The molecule has 0 radical (unpaired) electrons. The third kappa shape index (κ3) is 3.17. The molecule has 6 nitrogen and oxygen atoms in total. The summed E-state index contributed by atoms with van der Waals surface area (Å²) in [4.78, 5) is 0. The van der Waals surface area contributed by atoms with Crippen molar-refractivity contribution in [3.8, 4) is 0 Å². The Morgan fingerprint density at radius 1 is 0.938 bits per heavy atom. The summed E-state index contributed by atoms with van der Waals surface area (Å²) in [5, 5.41) is -1.06. The third-order valence-corrected chi connectivity index (χ3v) is 11.4. The second-order valence-electron chi connectivity index (χ2n) is 3.71. The highest BCUT2D eigenvalue weighted by Crippen LogP contribution is 2.21. The van der Waals surface area contributed by atoms with E-state index in [9.17, 15) is 25.3 Å². The standard InChI is InChI=1S/C7H16O6S3/c1-5-15(10,11)7(14(4,8)9)16(12,13)6(2)3/h6-7H,5H2,1-4H3. The van der Waals surface area contributed by atoms with Gasteiger partial charge in [0.25, 0.3) is 3.91 Å². The fourth-order valence-electron chi connectivity index (χ4n) is 1.07. The normalized spacial score (nSPS) is 16.3. The van der Waals surface area contributed by atoms with E-state index in [1.165, 1.54) is 20.8 Å². The van der Waals surface area contributed by atoms with Gasteiger partial charge in [0.1, 0.15) is 0 Å². The highest BCUT2D eigenvalue weighted by Gasteiger charge is 2.46. The molecule has 16 heavy (non-hydrogen) atoms. The van der Waals surface area contributed by atoms with Crippen molar-refractivity contribution in [1.82, 2.24) is 0 Å². The monoisotopic (exact) mass is 292 g/mol. The van der Waals surface area contributed by atoms with Crippen LogP contribution in [-0.2, 0) is 29.5 Å². The van der Waals surface area contributed by atoms with Crippen molar-refractivity contribution in [3.63, 3.8) is 0 Å². The summed E-state index contributed by atoms with van der Waals surface area (Å²) in [5.41, 5.74) is 0. The number of sulfone groups is 3. The molecule has 9 heteroatoms. The van der Waals surface area contributed by atoms with Gasteiger partial charge in [0, 0.05) is 12.0 Å². The van der Waals surface area contributed by atoms with Crippen molar-refractivity contribution in [1.29, 1.82) is 0 Å². The molecule has 0 rings (SSSR count). The van der Waals surface area contributed by atoms with Crippen LogP contribution in [0.5, 0.6) is 0 Å². The summed E-state index contributed by atoms with van der Waals surface area (Å²) in [5.74, 6) is -0.531. The van der Waals surface area contributed by atoms with E-state index >= 15 is 0 Å². The van der Waals surface area contributed by atoms with E-state index in [2.05, 4.69) is 0 Å². The first-order chi connectivity index (χ1) is 6.87. The van der Waals surface area contributed by atoms with Crippen LogP contribution < -0.4 is 0 Å². The van der Waals surface area contributed by atoms with Gasteiger partial charge >= 0.3 is 0 Å². The third-order valence-electron chi connectivity index (χ3n) is 1.97. The lowest BCUT2D eigenvalue weighted by Crippen LogP contribution is -2.41. The van der Waals surface area contributed by atoms with Crippen LogP contribution in [-0.4, -0.2) is 46.4 Å². The van der Waals surface area contributed by atoms with Crippen LogP contribution >= 0.6 is 0 Å². The van der Waals surface area contributed by atoms with E-state index in [0.29, 0.717) is 6.26 Å². The van der Waals surface area contributed by atoms with Gasteiger partial charge in [0.2, 0.25) is 0 Å². The molecule has 0 saturated heterocycles. The Morgan fingerprint density at radius 3 is 1.50 bits per heavy atom. The first kappa shape index (κ1) is 15.9. The van der Waals surface area contributed by atoms with Gasteiger partial charge in [0.05, 0.1) is 5.25 Å². The van der Waals surface area contributed by atoms with Crippen LogP contribution in [0, 0.1) is 0 Å². The molecule has 0 bridgehead atoms. The van der Waals surface area contributed by atoms with Crippen LogP contribution in [0.25, 0.3) is 0 Å². The minimum absolute atomic E-state index is 0.531. The first-order valence-corrected chi connectivity index (χ1v) is 9.78. The van der Waals surface area contributed by atoms with Crippen molar-refractivity contribution in [3.05, 3.63) is 0 Å². The Labute approximate surface area is 96.8 Å². The van der Waals surface area contributed by atoms with E-state index in [-0.39, 0.29) is 0 Å². The lowest BCUT2D eigenvalue weighted by Gasteiger charge is -2.17. The summed E-state index contributed by atoms with van der Waals surface area (Å²) < 4.78 is 66.8. The number of rotatable bonds is 5. The largest absolute Gasteiger partial charge is 0.262 e. The topological polar surface area (TPSA) is 102 Å². The van der Waals surface area contributed by atoms with Crippen molar-refractivity contribution < 1.29 is 25.3 Å². The number of hydrogen-bond donors (Lipinski definition) is 0. The summed E-state index contributed by atoms with van der Waals surface area (Å²) in [6.07, 6.45) is 0.616. The molecule has 0 spiro atoms. The summed E-state index contributed by atoms with van der Waals surface area (Å²) >= 11 is 0. The molecule has 1 atom stereocenters. The smallest absolute Gasteiger partial charge is 0.227 e. The van der Waals surface area contributed by atoms with Gasteiger partial charge in [-0.05, 0) is 13.8 Å². The van der Waals surface area contributed by atoms with Gasteiger partial charge < -0.3 is 0 Å². The van der Waals surface area contributed by atoms with Gasteiger partial charge in [0.15, 0.2) is 29.5 Å². The quantitative estimate of drug-likeness (QED) is 0.681. The SMILES string of the molecule is CCS(=O)(=O)C(S(C)(=O)=O)S(=O)(=O)C(C)C. The first-order valence-electron chi connectivity index (χ1n) is 4.50. The molecule has 0 aromatic heterocycles. The second-order valence-corrected chi connectivity index (χ2v) is 11.7. The maximum Gasteiger partial charge on any atom is 0.262 e. The van der Waals surface area contributed by atoms with Crippen molar-refractivity contribution >= 4 is 29.5 Å². The minimum Gasteiger partial charge on any atom is -0.227 e. The molecule has 0 aromatic rings. The van der Waals surface area contributed by atoms with Gasteiger partial charge in [-0.3, -0.25) is 0 Å².